The molecule has 1 aromatic carbocycles. The third kappa shape index (κ3) is 6.12. The zero-order valence-corrected chi connectivity index (χ0v) is 12.6. The Bertz CT molecular complexity index is 520. The van der Waals surface area contributed by atoms with Crippen LogP contribution in [0.15, 0.2) is 18.2 Å². The molecule has 0 spiro atoms. The highest BCUT2D eigenvalue weighted by molar-refractivity contribution is 6.31. The molecule has 0 aliphatic carbocycles. The molecule has 6 nitrogen and oxygen atoms in total. The lowest BCUT2D eigenvalue weighted by Crippen LogP contribution is -2.42. The van der Waals surface area contributed by atoms with E-state index in [0.29, 0.717) is 10.7 Å². The highest BCUT2D eigenvalue weighted by Gasteiger charge is 2.21. The normalized spacial score (nSPS) is 13.5. The van der Waals surface area contributed by atoms with E-state index in [0.717, 1.165) is 5.56 Å². The van der Waals surface area contributed by atoms with Gasteiger partial charge in [0.25, 0.3) is 0 Å². The fraction of sp³-hybridized carbons (Fsp3) is 0.429. The number of anilines is 1. The van der Waals surface area contributed by atoms with E-state index in [1.54, 1.807) is 18.2 Å². The molecule has 116 valence electrons. The molecule has 1 unspecified atom stereocenters. The van der Waals surface area contributed by atoms with Crippen molar-refractivity contribution in [3.63, 3.8) is 0 Å². The standard InChI is InChI=1S/C14H19ClN2O4/c1-8-3-4-10(15)5-11(8)17-13(19)6-12(14(20)21)16-7-9(2)18/h3-5,9,12,16,18H,6-7H2,1-2H3,(H,17,19)(H,20,21)/t9?,12-/m0/s1. The van der Waals surface area contributed by atoms with Gasteiger partial charge in [-0.25, -0.2) is 0 Å². The predicted molar refractivity (Wildman–Crippen MR) is 80.5 cm³/mol. The molecule has 1 rings (SSSR count). The molecule has 2 atom stereocenters. The monoisotopic (exact) mass is 314 g/mol. The van der Waals surface area contributed by atoms with Crippen LogP contribution >= 0.6 is 11.6 Å². The van der Waals surface area contributed by atoms with Gasteiger partial charge in [0.05, 0.1) is 12.5 Å². The highest BCUT2D eigenvalue weighted by Crippen LogP contribution is 2.20. The first-order chi connectivity index (χ1) is 9.79. The van der Waals surface area contributed by atoms with Gasteiger partial charge in [0, 0.05) is 17.3 Å². The minimum absolute atomic E-state index is 0.0977. The molecule has 0 aliphatic heterocycles. The summed E-state index contributed by atoms with van der Waals surface area (Å²) in [4.78, 5) is 23.0. The largest absolute Gasteiger partial charge is 0.480 e. The fourth-order valence-corrected chi connectivity index (χ4v) is 1.85. The second-order valence-corrected chi connectivity index (χ2v) is 5.30. The zero-order chi connectivity index (χ0) is 16.0. The summed E-state index contributed by atoms with van der Waals surface area (Å²) in [6.07, 6.45) is -0.932. The summed E-state index contributed by atoms with van der Waals surface area (Å²) < 4.78 is 0. The van der Waals surface area contributed by atoms with E-state index in [-0.39, 0.29) is 13.0 Å². The Morgan fingerprint density at radius 1 is 1.38 bits per heavy atom. The lowest BCUT2D eigenvalue weighted by Gasteiger charge is -2.16. The molecule has 0 aromatic heterocycles. The number of halogens is 1. The summed E-state index contributed by atoms with van der Waals surface area (Å²) in [6, 6.07) is 4.02. The van der Waals surface area contributed by atoms with Crippen LogP contribution in [0.3, 0.4) is 0 Å². The Morgan fingerprint density at radius 3 is 2.62 bits per heavy atom. The Labute approximate surface area is 128 Å². The quantitative estimate of drug-likeness (QED) is 0.610. The number of carbonyl (C=O) groups excluding carboxylic acids is 1. The number of aryl methyl sites for hydroxylation is 1. The Morgan fingerprint density at radius 2 is 2.05 bits per heavy atom. The van der Waals surface area contributed by atoms with E-state index in [9.17, 15) is 9.59 Å². The van der Waals surface area contributed by atoms with Crippen LogP contribution in [0.5, 0.6) is 0 Å². The first kappa shape index (κ1) is 17.4. The van der Waals surface area contributed by atoms with Crippen LogP contribution in [0, 0.1) is 6.92 Å². The average Bonchev–Trinajstić information content (AvgIpc) is 2.38. The third-order valence-corrected chi connectivity index (χ3v) is 3.06. The summed E-state index contributed by atoms with van der Waals surface area (Å²) in [5.41, 5.74) is 1.38. The van der Waals surface area contributed by atoms with Crippen LogP contribution in [-0.2, 0) is 9.59 Å². The van der Waals surface area contributed by atoms with Gasteiger partial charge in [0.15, 0.2) is 0 Å². The van der Waals surface area contributed by atoms with Gasteiger partial charge in [0.2, 0.25) is 5.91 Å². The number of hydrogen-bond acceptors (Lipinski definition) is 4. The number of nitrogens with one attached hydrogen (secondary N) is 2. The molecule has 1 amide bonds. The third-order valence-electron chi connectivity index (χ3n) is 2.82. The Kier molecular flexibility index (Phi) is 6.61. The molecule has 0 fully saturated rings. The molecule has 0 saturated heterocycles. The predicted octanol–water partition coefficient (Wildman–Crippen LogP) is 1.40. The maximum atomic E-state index is 11.9. The molecule has 0 heterocycles. The topological polar surface area (TPSA) is 98.7 Å². The van der Waals surface area contributed by atoms with Gasteiger partial charge < -0.3 is 20.8 Å². The minimum atomic E-state index is -1.14. The molecule has 0 radical (unpaired) electrons. The summed E-state index contributed by atoms with van der Waals surface area (Å²) in [5, 5.41) is 23.9. The van der Waals surface area contributed by atoms with Crippen molar-refractivity contribution in [3.8, 4) is 0 Å². The number of rotatable bonds is 7. The number of aliphatic hydroxyl groups is 1. The highest BCUT2D eigenvalue weighted by atomic mass is 35.5. The van der Waals surface area contributed by atoms with Crippen LogP contribution in [-0.4, -0.2) is 40.8 Å². The van der Waals surface area contributed by atoms with Crippen molar-refractivity contribution in [2.45, 2.75) is 32.4 Å². The van der Waals surface area contributed by atoms with Gasteiger partial charge in [-0.3, -0.25) is 9.59 Å². The molecule has 7 heteroatoms. The number of aliphatic hydroxyl groups excluding tert-OH is 1. The Balaban J connectivity index is 2.65. The van der Waals surface area contributed by atoms with E-state index < -0.39 is 24.0 Å². The molecule has 4 N–H and O–H groups in total. The summed E-state index contributed by atoms with van der Waals surface area (Å²) in [6.45, 7) is 3.44. The first-order valence-corrected chi connectivity index (χ1v) is 6.87. The number of amides is 1. The number of aliphatic carboxylic acids is 1. The van der Waals surface area contributed by atoms with Gasteiger partial charge in [-0.2, -0.15) is 0 Å². The molecule has 0 bridgehead atoms. The van der Waals surface area contributed by atoms with Crippen molar-refractivity contribution in [1.82, 2.24) is 5.32 Å². The number of benzene rings is 1. The van der Waals surface area contributed by atoms with Crippen molar-refractivity contribution < 1.29 is 19.8 Å². The first-order valence-electron chi connectivity index (χ1n) is 6.50. The molecule has 0 aliphatic rings. The van der Waals surface area contributed by atoms with Crippen LogP contribution < -0.4 is 10.6 Å². The van der Waals surface area contributed by atoms with E-state index in [4.69, 9.17) is 21.8 Å². The number of carboxylic acids is 1. The van der Waals surface area contributed by atoms with Gasteiger partial charge in [-0.05, 0) is 31.5 Å². The van der Waals surface area contributed by atoms with Crippen LogP contribution in [0.1, 0.15) is 18.9 Å². The van der Waals surface area contributed by atoms with Crippen molar-refractivity contribution >= 4 is 29.2 Å². The van der Waals surface area contributed by atoms with Crippen molar-refractivity contribution in [1.29, 1.82) is 0 Å². The molecule has 21 heavy (non-hydrogen) atoms. The van der Waals surface area contributed by atoms with Crippen molar-refractivity contribution in [2.75, 3.05) is 11.9 Å². The van der Waals surface area contributed by atoms with Gasteiger partial charge in [-0.15, -0.1) is 0 Å². The van der Waals surface area contributed by atoms with Crippen LogP contribution in [0.4, 0.5) is 5.69 Å². The average molecular weight is 315 g/mol. The van der Waals surface area contributed by atoms with E-state index in [1.807, 2.05) is 6.92 Å². The van der Waals surface area contributed by atoms with Gasteiger partial charge in [0.1, 0.15) is 6.04 Å². The zero-order valence-electron chi connectivity index (χ0n) is 11.9. The summed E-state index contributed by atoms with van der Waals surface area (Å²) in [7, 11) is 0. The Hall–Kier alpha value is -1.63. The van der Waals surface area contributed by atoms with Crippen LogP contribution in [0.2, 0.25) is 5.02 Å². The van der Waals surface area contributed by atoms with Crippen LogP contribution in [0.25, 0.3) is 0 Å². The molecule has 0 saturated carbocycles. The maximum absolute atomic E-state index is 11.9. The smallest absolute Gasteiger partial charge is 0.321 e. The summed E-state index contributed by atoms with van der Waals surface area (Å²) >= 11 is 5.86. The van der Waals surface area contributed by atoms with Crippen molar-refractivity contribution in [2.24, 2.45) is 0 Å². The number of carboxylic acid groups (broad SMARTS) is 1. The molecular weight excluding hydrogens is 296 g/mol. The number of carbonyl (C=O) groups is 2. The van der Waals surface area contributed by atoms with Gasteiger partial charge >= 0.3 is 5.97 Å². The second kappa shape index (κ2) is 7.97. The van der Waals surface area contributed by atoms with E-state index in [1.165, 1.54) is 6.92 Å². The van der Waals surface area contributed by atoms with Gasteiger partial charge in [-0.1, -0.05) is 17.7 Å². The fourth-order valence-electron chi connectivity index (χ4n) is 1.68. The summed E-state index contributed by atoms with van der Waals surface area (Å²) in [5.74, 6) is -1.58. The lowest BCUT2D eigenvalue weighted by molar-refractivity contribution is -0.141. The van der Waals surface area contributed by atoms with E-state index >= 15 is 0 Å². The molecule has 1 aromatic rings. The SMILES string of the molecule is Cc1ccc(Cl)cc1NC(=O)C[C@H](NCC(C)O)C(=O)O. The maximum Gasteiger partial charge on any atom is 0.321 e. The lowest BCUT2D eigenvalue weighted by atomic mass is 10.1. The molecular formula is C14H19ClN2O4. The van der Waals surface area contributed by atoms with Crippen molar-refractivity contribution in [3.05, 3.63) is 28.8 Å². The van der Waals surface area contributed by atoms with E-state index in [2.05, 4.69) is 10.6 Å². The second-order valence-electron chi connectivity index (χ2n) is 4.86. The number of hydrogen-bond donors (Lipinski definition) is 4. The minimum Gasteiger partial charge on any atom is -0.480 e.